The molecule has 1 saturated heterocycles. The van der Waals surface area contributed by atoms with Crippen LogP contribution >= 0.6 is 0 Å². The van der Waals surface area contributed by atoms with Gasteiger partial charge in [0.15, 0.2) is 5.82 Å². The average molecular weight is 347 g/mol. The molecule has 3 rings (SSSR count). The van der Waals surface area contributed by atoms with Gasteiger partial charge in [0.25, 0.3) is 0 Å². The second kappa shape index (κ2) is 7.11. The molecule has 7 nitrogen and oxygen atoms in total. The van der Waals surface area contributed by atoms with Crippen molar-refractivity contribution in [3.05, 3.63) is 40.9 Å². The van der Waals surface area contributed by atoms with Gasteiger partial charge in [-0.05, 0) is 20.8 Å². The lowest BCUT2D eigenvalue weighted by molar-refractivity contribution is -0.103. The van der Waals surface area contributed by atoms with Crippen molar-refractivity contribution in [1.82, 2.24) is 14.6 Å². The zero-order valence-electron chi connectivity index (χ0n) is 14.9. The Kier molecular flexibility index (Phi) is 5.08. The zero-order chi connectivity index (χ0) is 18.0. The number of nitrogens with zero attached hydrogens (tertiary/aromatic N) is 3. The summed E-state index contributed by atoms with van der Waals surface area (Å²) >= 11 is 0. The molecular weight excluding hydrogens is 322 g/mol. The lowest BCUT2D eigenvalue weighted by Crippen LogP contribution is -2.57. The summed E-state index contributed by atoms with van der Waals surface area (Å²) in [7, 11) is 0. The molecule has 1 aromatic heterocycles. The molecule has 2 atom stereocenters. The van der Waals surface area contributed by atoms with Crippen molar-refractivity contribution in [2.45, 2.75) is 45.1 Å². The standard InChI is InChI=1S/C18H25N3O4/c1-13-9-20(18(2,3)12-24-13)10-15(22)11-21-16(19-25-17(21)23)14-7-5-4-6-8-14/h4-8,13,15,22H,9-12H2,1-3H3. The second-order valence-electron chi connectivity index (χ2n) is 7.24. The number of morpholine rings is 1. The van der Waals surface area contributed by atoms with E-state index in [1.165, 1.54) is 4.57 Å². The van der Waals surface area contributed by atoms with Gasteiger partial charge in [-0.3, -0.25) is 14.0 Å². The summed E-state index contributed by atoms with van der Waals surface area (Å²) in [5.74, 6) is -0.133. The minimum atomic E-state index is -0.718. The molecule has 2 unspecified atom stereocenters. The number of hydrogen-bond acceptors (Lipinski definition) is 6. The van der Waals surface area contributed by atoms with Gasteiger partial charge in [0.2, 0.25) is 0 Å². The van der Waals surface area contributed by atoms with Gasteiger partial charge in [-0.25, -0.2) is 4.79 Å². The zero-order valence-corrected chi connectivity index (χ0v) is 14.9. The van der Waals surface area contributed by atoms with E-state index in [2.05, 4.69) is 23.9 Å². The minimum Gasteiger partial charge on any atom is -0.390 e. The van der Waals surface area contributed by atoms with Crippen LogP contribution in [0.4, 0.5) is 0 Å². The van der Waals surface area contributed by atoms with Gasteiger partial charge in [-0.15, -0.1) is 0 Å². The number of β-amino-alcohol motifs (C(OH)–C–C–N with tert-alkyl or cyclic N) is 1. The smallest absolute Gasteiger partial charge is 0.390 e. The number of ether oxygens (including phenoxy) is 1. The average Bonchev–Trinajstić information content (AvgIpc) is 2.93. The summed E-state index contributed by atoms with van der Waals surface area (Å²) in [5.41, 5.74) is 0.621. The quantitative estimate of drug-likeness (QED) is 0.880. The maximum Gasteiger partial charge on any atom is 0.441 e. The topological polar surface area (TPSA) is 80.7 Å². The Labute approximate surface area is 146 Å². The third-order valence-corrected chi connectivity index (χ3v) is 4.60. The van der Waals surface area contributed by atoms with Crippen molar-refractivity contribution in [2.75, 3.05) is 19.7 Å². The number of hydrogen-bond donors (Lipinski definition) is 1. The predicted octanol–water partition coefficient (Wildman–Crippen LogP) is 1.36. The molecule has 0 bridgehead atoms. The van der Waals surface area contributed by atoms with Gasteiger partial charge >= 0.3 is 5.76 Å². The van der Waals surface area contributed by atoms with Crippen LogP contribution in [0.15, 0.2) is 39.6 Å². The van der Waals surface area contributed by atoms with Crippen molar-refractivity contribution in [2.24, 2.45) is 0 Å². The van der Waals surface area contributed by atoms with Crippen molar-refractivity contribution in [3.63, 3.8) is 0 Å². The van der Waals surface area contributed by atoms with Crippen molar-refractivity contribution >= 4 is 0 Å². The molecule has 0 radical (unpaired) electrons. The molecule has 2 aromatic rings. The Morgan fingerprint density at radius 2 is 2.04 bits per heavy atom. The van der Waals surface area contributed by atoms with Crippen LogP contribution in [-0.2, 0) is 11.3 Å². The number of aromatic nitrogens is 2. The number of benzene rings is 1. The molecular formula is C18H25N3O4. The maximum absolute atomic E-state index is 12.0. The van der Waals surface area contributed by atoms with Crippen molar-refractivity contribution in [1.29, 1.82) is 0 Å². The van der Waals surface area contributed by atoms with Crippen molar-refractivity contribution < 1.29 is 14.4 Å². The molecule has 1 fully saturated rings. The van der Waals surface area contributed by atoms with E-state index in [0.717, 1.165) is 12.1 Å². The number of aliphatic hydroxyl groups is 1. The molecule has 7 heteroatoms. The molecule has 1 N–H and O–H groups in total. The first-order valence-electron chi connectivity index (χ1n) is 8.53. The van der Waals surface area contributed by atoms with E-state index < -0.39 is 11.9 Å². The highest BCUT2D eigenvalue weighted by molar-refractivity contribution is 5.54. The highest BCUT2D eigenvalue weighted by atomic mass is 16.5. The third kappa shape index (κ3) is 4.00. The van der Waals surface area contributed by atoms with Gasteiger partial charge in [-0.2, -0.15) is 0 Å². The van der Waals surface area contributed by atoms with E-state index in [9.17, 15) is 9.90 Å². The highest BCUT2D eigenvalue weighted by Crippen LogP contribution is 2.22. The molecule has 0 spiro atoms. The fourth-order valence-electron chi connectivity index (χ4n) is 3.12. The molecule has 0 aliphatic carbocycles. The molecule has 1 aromatic carbocycles. The van der Waals surface area contributed by atoms with E-state index in [0.29, 0.717) is 19.0 Å². The van der Waals surface area contributed by atoms with Gasteiger partial charge in [-0.1, -0.05) is 35.5 Å². The van der Waals surface area contributed by atoms with Crippen LogP contribution in [0.25, 0.3) is 11.4 Å². The van der Waals surface area contributed by atoms with Crippen LogP contribution in [0.3, 0.4) is 0 Å². The van der Waals surface area contributed by atoms with Gasteiger partial charge in [0.05, 0.1) is 25.4 Å². The summed E-state index contributed by atoms with van der Waals surface area (Å²) in [4.78, 5) is 14.2. The minimum absolute atomic E-state index is 0.124. The number of aliphatic hydroxyl groups excluding tert-OH is 1. The SMILES string of the molecule is CC1CN(CC(O)Cn2c(-c3ccccc3)noc2=O)C(C)(C)CO1. The highest BCUT2D eigenvalue weighted by Gasteiger charge is 2.34. The van der Waals surface area contributed by atoms with E-state index in [-0.39, 0.29) is 18.2 Å². The largest absolute Gasteiger partial charge is 0.441 e. The fourth-order valence-corrected chi connectivity index (χ4v) is 3.12. The monoisotopic (exact) mass is 347 g/mol. The van der Waals surface area contributed by atoms with Gasteiger partial charge in [0.1, 0.15) is 0 Å². The first kappa shape index (κ1) is 17.8. The van der Waals surface area contributed by atoms with Crippen LogP contribution < -0.4 is 5.76 Å². The van der Waals surface area contributed by atoms with Crippen molar-refractivity contribution in [3.8, 4) is 11.4 Å². The van der Waals surface area contributed by atoms with E-state index in [1.807, 2.05) is 37.3 Å². The van der Waals surface area contributed by atoms with Gasteiger partial charge < -0.3 is 9.84 Å². The summed E-state index contributed by atoms with van der Waals surface area (Å²) < 4.78 is 11.9. The molecule has 2 heterocycles. The van der Waals surface area contributed by atoms with Crippen LogP contribution in [0.1, 0.15) is 20.8 Å². The summed E-state index contributed by atoms with van der Waals surface area (Å²) in [5, 5.41) is 14.4. The lowest BCUT2D eigenvalue weighted by Gasteiger charge is -2.45. The lowest BCUT2D eigenvalue weighted by atomic mass is 10.0. The molecule has 136 valence electrons. The fraction of sp³-hybridized carbons (Fsp3) is 0.556. The summed E-state index contributed by atoms with van der Waals surface area (Å²) in [6.45, 7) is 8.14. The van der Waals surface area contributed by atoms with Crippen LogP contribution in [0, 0.1) is 0 Å². The van der Waals surface area contributed by atoms with Crippen LogP contribution in [-0.4, -0.2) is 57.2 Å². The first-order chi connectivity index (χ1) is 11.9. The normalized spacial score (nSPS) is 22.0. The first-order valence-corrected chi connectivity index (χ1v) is 8.53. The van der Waals surface area contributed by atoms with E-state index in [4.69, 9.17) is 9.26 Å². The Bertz CT molecular complexity index is 753. The molecule has 1 aliphatic rings. The Balaban J connectivity index is 1.74. The van der Waals surface area contributed by atoms with Crippen LogP contribution in [0.2, 0.25) is 0 Å². The Hall–Kier alpha value is -1.96. The van der Waals surface area contributed by atoms with E-state index >= 15 is 0 Å². The van der Waals surface area contributed by atoms with E-state index in [1.54, 1.807) is 0 Å². The summed E-state index contributed by atoms with van der Waals surface area (Å²) in [6.07, 6.45) is -0.595. The Morgan fingerprint density at radius 1 is 1.32 bits per heavy atom. The number of rotatable bonds is 5. The van der Waals surface area contributed by atoms with Crippen LogP contribution in [0.5, 0.6) is 0 Å². The molecule has 0 saturated carbocycles. The molecule has 1 aliphatic heterocycles. The second-order valence-corrected chi connectivity index (χ2v) is 7.24. The predicted molar refractivity (Wildman–Crippen MR) is 93.3 cm³/mol. The summed E-state index contributed by atoms with van der Waals surface area (Å²) in [6, 6.07) is 9.34. The third-order valence-electron chi connectivity index (χ3n) is 4.60. The molecule has 25 heavy (non-hydrogen) atoms. The molecule has 0 amide bonds. The maximum atomic E-state index is 12.0. The van der Waals surface area contributed by atoms with Gasteiger partial charge in [0, 0.05) is 24.2 Å². The Morgan fingerprint density at radius 3 is 2.76 bits per heavy atom.